The van der Waals surface area contributed by atoms with Crippen LogP contribution in [0.2, 0.25) is 5.02 Å². The Morgan fingerprint density at radius 3 is 2.54 bits per heavy atom. The highest BCUT2D eigenvalue weighted by Gasteiger charge is 2.42. The Balaban J connectivity index is 1.39. The summed E-state index contributed by atoms with van der Waals surface area (Å²) in [6.07, 6.45) is 6.56. The molecule has 3 aromatic carbocycles. The number of carbonyl (C=O) groups is 1. The molecule has 204 valence electrons. The van der Waals surface area contributed by atoms with Gasteiger partial charge >= 0.3 is 0 Å². The van der Waals surface area contributed by atoms with Crippen molar-refractivity contribution >= 4 is 41.0 Å². The monoisotopic (exact) mass is 562 g/mol. The maximum atomic E-state index is 13.9. The number of ether oxygens (including phenoxy) is 2. The minimum atomic E-state index is -0.152. The summed E-state index contributed by atoms with van der Waals surface area (Å²) in [7, 11) is 0. The molecule has 0 bridgehead atoms. The zero-order valence-electron chi connectivity index (χ0n) is 22.4. The van der Waals surface area contributed by atoms with E-state index < -0.39 is 0 Å². The van der Waals surface area contributed by atoms with E-state index in [2.05, 4.69) is 17.1 Å². The lowest BCUT2D eigenvalue weighted by molar-refractivity contribution is -0.129. The van der Waals surface area contributed by atoms with Gasteiger partial charge in [0, 0.05) is 22.3 Å². The quantitative estimate of drug-likeness (QED) is 0.266. The van der Waals surface area contributed by atoms with Gasteiger partial charge in [-0.1, -0.05) is 85.6 Å². The third-order valence-corrected chi connectivity index (χ3v) is 8.81. The summed E-state index contributed by atoms with van der Waals surface area (Å²) in [6.45, 7) is 5.07. The Bertz CT molecular complexity index is 1320. The number of nitrogens with zero attached hydrogens (tertiary/aromatic N) is 1. The minimum Gasteiger partial charge on any atom is -0.490 e. The summed E-state index contributed by atoms with van der Waals surface area (Å²) in [5, 5.41) is 4.27. The topological polar surface area (TPSA) is 50.8 Å². The second-order valence-corrected chi connectivity index (χ2v) is 11.6. The van der Waals surface area contributed by atoms with Gasteiger partial charge in [-0.15, -0.1) is 0 Å². The van der Waals surface area contributed by atoms with Crippen LogP contribution in [-0.2, 0) is 11.4 Å². The molecule has 39 heavy (non-hydrogen) atoms. The largest absolute Gasteiger partial charge is 0.490 e. The lowest BCUT2D eigenvalue weighted by atomic mass is 9.85. The van der Waals surface area contributed by atoms with Crippen LogP contribution >= 0.6 is 23.4 Å². The van der Waals surface area contributed by atoms with Gasteiger partial charge in [-0.05, 0) is 67.7 Å². The summed E-state index contributed by atoms with van der Waals surface area (Å²) >= 11 is 7.89. The summed E-state index contributed by atoms with van der Waals surface area (Å²) < 4.78 is 12.0. The van der Waals surface area contributed by atoms with Crippen molar-refractivity contribution in [2.75, 3.05) is 11.9 Å². The molecule has 5 nitrogen and oxygen atoms in total. The van der Waals surface area contributed by atoms with E-state index in [0.717, 1.165) is 41.0 Å². The maximum Gasteiger partial charge on any atom is 0.262 e. The molecule has 1 amide bonds. The van der Waals surface area contributed by atoms with Crippen LogP contribution in [0.15, 0.2) is 77.7 Å². The molecule has 2 fully saturated rings. The Hall–Kier alpha value is -3.09. The number of rotatable bonds is 9. The smallest absolute Gasteiger partial charge is 0.262 e. The molecule has 5 rings (SSSR count). The molecule has 0 aromatic heterocycles. The van der Waals surface area contributed by atoms with Gasteiger partial charge in [0.1, 0.15) is 6.61 Å². The van der Waals surface area contributed by atoms with Gasteiger partial charge in [-0.2, -0.15) is 0 Å². The summed E-state index contributed by atoms with van der Waals surface area (Å²) in [5.74, 6) is 1.85. The molecule has 1 heterocycles. The maximum absolute atomic E-state index is 13.9. The second-order valence-electron chi connectivity index (χ2n) is 10.0. The normalized spacial score (nSPS) is 22.2. The van der Waals surface area contributed by atoms with Crippen molar-refractivity contribution in [3.8, 4) is 11.5 Å². The van der Waals surface area contributed by atoms with Crippen LogP contribution in [0.4, 0.5) is 5.69 Å². The number of carbonyl (C=O) groups excluding carboxylic acids is 1. The van der Waals surface area contributed by atoms with Crippen molar-refractivity contribution in [3.05, 3.63) is 93.9 Å². The van der Waals surface area contributed by atoms with Crippen LogP contribution in [0.3, 0.4) is 0 Å². The van der Waals surface area contributed by atoms with Crippen molar-refractivity contribution in [3.63, 3.8) is 0 Å². The molecule has 3 aromatic rings. The van der Waals surface area contributed by atoms with E-state index in [1.807, 2.05) is 85.8 Å². The highest BCUT2D eigenvalue weighted by atomic mass is 35.5. The molecule has 1 saturated heterocycles. The molecular formula is C32H35ClN2O3S. The lowest BCUT2D eigenvalue weighted by Gasteiger charge is -2.39. The number of hydrogen-bond donors (Lipinski definition) is 1. The Morgan fingerprint density at radius 2 is 1.77 bits per heavy atom. The van der Waals surface area contributed by atoms with Gasteiger partial charge < -0.3 is 19.7 Å². The minimum absolute atomic E-state index is 0.0872. The first-order chi connectivity index (χ1) is 19.0. The first kappa shape index (κ1) is 27.5. The number of para-hydroxylation sites is 1. The Kier molecular flexibility index (Phi) is 9.05. The molecule has 1 N–H and O–H groups in total. The number of hydrogen-bond acceptors (Lipinski definition) is 5. The number of anilines is 1. The first-order valence-electron chi connectivity index (χ1n) is 13.7. The van der Waals surface area contributed by atoms with Gasteiger partial charge in [0.15, 0.2) is 17.0 Å². The van der Waals surface area contributed by atoms with Crippen molar-refractivity contribution in [2.24, 2.45) is 5.92 Å². The Morgan fingerprint density at radius 1 is 1.00 bits per heavy atom. The lowest BCUT2D eigenvalue weighted by Crippen LogP contribution is -2.48. The molecule has 7 heteroatoms. The molecule has 3 atom stereocenters. The fourth-order valence-corrected chi connectivity index (χ4v) is 6.69. The predicted molar refractivity (Wildman–Crippen MR) is 161 cm³/mol. The van der Waals surface area contributed by atoms with Gasteiger partial charge in [0.05, 0.1) is 11.5 Å². The summed E-state index contributed by atoms with van der Waals surface area (Å²) in [5.41, 5.74) is 2.67. The zero-order valence-corrected chi connectivity index (χ0v) is 24.0. The zero-order chi connectivity index (χ0) is 27.2. The van der Waals surface area contributed by atoms with E-state index in [-0.39, 0.29) is 17.4 Å². The standard InChI is InChI=1S/C32H35ClN2O3S/c1-3-37-29-19-23(17-18-28(29)38-21-24-12-8-9-15-26(24)33)20-30-31(36)35(27-16-10-7-11-22(27)2)32(39-30)34-25-13-5-4-6-14-25/h4-6,8-9,12-15,17-20,22,27,32,34H,3,7,10-11,16,21H2,1-2H3/b30-20-/t22-,27+,32?/m0/s1. The van der Waals surface area contributed by atoms with Crippen LogP contribution in [0.25, 0.3) is 6.08 Å². The molecule has 1 saturated carbocycles. The van der Waals surface area contributed by atoms with Crippen LogP contribution in [0.5, 0.6) is 11.5 Å². The molecule has 2 aliphatic rings. The van der Waals surface area contributed by atoms with E-state index in [0.29, 0.717) is 35.7 Å². The van der Waals surface area contributed by atoms with E-state index in [1.165, 1.54) is 6.42 Å². The molecule has 0 spiro atoms. The number of benzene rings is 3. The van der Waals surface area contributed by atoms with Crippen molar-refractivity contribution in [1.82, 2.24) is 4.90 Å². The van der Waals surface area contributed by atoms with E-state index in [1.54, 1.807) is 11.8 Å². The van der Waals surface area contributed by atoms with Crippen LogP contribution < -0.4 is 14.8 Å². The van der Waals surface area contributed by atoms with E-state index in [4.69, 9.17) is 21.1 Å². The second kappa shape index (κ2) is 12.8. The predicted octanol–water partition coefficient (Wildman–Crippen LogP) is 8.21. The average molecular weight is 563 g/mol. The van der Waals surface area contributed by atoms with Crippen LogP contribution in [-0.4, -0.2) is 29.0 Å². The first-order valence-corrected chi connectivity index (χ1v) is 14.9. The molecule has 0 radical (unpaired) electrons. The van der Waals surface area contributed by atoms with Crippen molar-refractivity contribution < 1.29 is 14.3 Å². The number of thioether (sulfide) groups is 1. The Labute approximate surface area is 240 Å². The third kappa shape index (κ3) is 6.56. The van der Waals surface area contributed by atoms with Crippen LogP contribution in [0.1, 0.15) is 50.7 Å². The molecule has 1 unspecified atom stereocenters. The third-order valence-electron chi connectivity index (χ3n) is 7.33. The average Bonchev–Trinajstić information content (AvgIpc) is 3.24. The molecule has 1 aliphatic carbocycles. The summed E-state index contributed by atoms with van der Waals surface area (Å²) in [6, 6.07) is 23.8. The SMILES string of the molecule is CCOc1cc(/C=C2\SC(Nc3ccccc3)N([C@@H]3CCCC[C@@H]3C)C2=O)ccc1OCc1ccccc1Cl. The molecular weight excluding hydrogens is 528 g/mol. The molecule has 1 aliphatic heterocycles. The van der Waals surface area contributed by atoms with Crippen molar-refractivity contribution in [1.29, 1.82) is 0 Å². The summed E-state index contributed by atoms with van der Waals surface area (Å²) in [4.78, 5) is 16.7. The fourth-order valence-electron chi connectivity index (χ4n) is 5.29. The van der Waals surface area contributed by atoms with Gasteiger partial charge in [0.25, 0.3) is 5.91 Å². The number of nitrogens with one attached hydrogen (secondary N) is 1. The fraction of sp³-hybridized carbons (Fsp3) is 0.344. The van der Waals surface area contributed by atoms with E-state index >= 15 is 0 Å². The van der Waals surface area contributed by atoms with E-state index in [9.17, 15) is 4.79 Å². The van der Waals surface area contributed by atoms with Gasteiger partial charge in [-0.3, -0.25) is 4.79 Å². The van der Waals surface area contributed by atoms with Gasteiger partial charge in [0.2, 0.25) is 0 Å². The number of amides is 1. The highest BCUT2D eigenvalue weighted by Crippen LogP contribution is 2.42. The highest BCUT2D eigenvalue weighted by molar-refractivity contribution is 8.05. The number of halogens is 1. The van der Waals surface area contributed by atoms with Gasteiger partial charge in [-0.25, -0.2) is 0 Å². The van der Waals surface area contributed by atoms with Crippen molar-refractivity contribution in [2.45, 2.75) is 57.7 Å². The van der Waals surface area contributed by atoms with Crippen LogP contribution in [0, 0.1) is 5.92 Å².